The van der Waals surface area contributed by atoms with Crippen molar-refractivity contribution in [1.82, 2.24) is 19.6 Å². The minimum absolute atomic E-state index is 0.104. The molecule has 0 radical (unpaired) electrons. The van der Waals surface area contributed by atoms with Crippen molar-refractivity contribution in [2.24, 2.45) is 0 Å². The van der Waals surface area contributed by atoms with Crippen LogP contribution in [0.4, 0.5) is 0 Å². The van der Waals surface area contributed by atoms with Crippen molar-refractivity contribution in [2.75, 3.05) is 20.1 Å². The summed E-state index contributed by atoms with van der Waals surface area (Å²) in [5.74, 6) is 0.237. The first-order valence-electron chi connectivity index (χ1n) is 8.23. The highest BCUT2D eigenvalue weighted by molar-refractivity contribution is 5.81. The number of likely N-dealkylation sites (N-methyl/N-ethyl adjacent to an activating group) is 1. The number of benzene rings is 1. The first-order valence-corrected chi connectivity index (χ1v) is 8.23. The molecule has 1 aromatic heterocycles. The number of likely N-dealkylation sites (tertiary alicyclic amines) is 1. The van der Waals surface area contributed by atoms with Gasteiger partial charge in [0.1, 0.15) is 0 Å². The van der Waals surface area contributed by atoms with E-state index in [2.05, 4.69) is 10.00 Å². The number of carbonyl (C=O) groups excluding carboxylic acids is 1. The molecular formula is C18H24N4O. The standard InChI is InChI=1S/C18H24N4O/c1-15(18(23)21-10-6-7-11-21)20(2)13-16-12-19-22(14-16)17-8-4-3-5-9-17/h3-5,8-9,12,14-15H,6-7,10-11,13H2,1-2H3. The monoisotopic (exact) mass is 312 g/mol. The number of hydrogen-bond donors (Lipinski definition) is 0. The molecule has 1 unspecified atom stereocenters. The summed E-state index contributed by atoms with van der Waals surface area (Å²) in [7, 11) is 2.00. The Kier molecular flexibility index (Phi) is 4.76. The Morgan fingerprint density at radius 2 is 1.96 bits per heavy atom. The maximum absolute atomic E-state index is 12.5. The van der Waals surface area contributed by atoms with E-state index < -0.39 is 0 Å². The molecule has 2 aromatic rings. The van der Waals surface area contributed by atoms with E-state index in [1.807, 2.05) is 66.3 Å². The molecule has 1 atom stereocenters. The fourth-order valence-corrected chi connectivity index (χ4v) is 2.98. The van der Waals surface area contributed by atoms with Crippen LogP contribution in [-0.4, -0.2) is 51.7 Å². The molecule has 1 amide bonds. The third-order valence-corrected chi connectivity index (χ3v) is 4.53. The van der Waals surface area contributed by atoms with Crippen LogP contribution in [0.15, 0.2) is 42.7 Å². The van der Waals surface area contributed by atoms with E-state index in [0.29, 0.717) is 6.54 Å². The van der Waals surface area contributed by atoms with Gasteiger partial charge in [-0.2, -0.15) is 5.10 Å². The molecule has 0 bridgehead atoms. The van der Waals surface area contributed by atoms with E-state index >= 15 is 0 Å². The summed E-state index contributed by atoms with van der Waals surface area (Å²) in [6.07, 6.45) is 6.16. The Morgan fingerprint density at radius 1 is 1.26 bits per heavy atom. The van der Waals surface area contributed by atoms with Crippen LogP contribution >= 0.6 is 0 Å². The van der Waals surface area contributed by atoms with Crippen molar-refractivity contribution in [1.29, 1.82) is 0 Å². The van der Waals surface area contributed by atoms with Crippen molar-refractivity contribution in [3.63, 3.8) is 0 Å². The van der Waals surface area contributed by atoms with Gasteiger partial charge in [-0.15, -0.1) is 0 Å². The van der Waals surface area contributed by atoms with Crippen LogP contribution in [0, 0.1) is 0 Å². The van der Waals surface area contributed by atoms with Gasteiger partial charge in [-0.05, 0) is 38.9 Å². The van der Waals surface area contributed by atoms with Crippen LogP contribution in [0.5, 0.6) is 0 Å². The zero-order chi connectivity index (χ0) is 16.2. The van der Waals surface area contributed by atoms with Crippen molar-refractivity contribution in [3.05, 3.63) is 48.3 Å². The summed E-state index contributed by atoms with van der Waals surface area (Å²) in [6.45, 7) is 4.52. The summed E-state index contributed by atoms with van der Waals surface area (Å²) < 4.78 is 1.87. The van der Waals surface area contributed by atoms with E-state index in [1.165, 1.54) is 0 Å². The Labute approximate surface area is 137 Å². The van der Waals surface area contributed by atoms with Crippen molar-refractivity contribution < 1.29 is 4.79 Å². The van der Waals surface area contributed by atoms with Gasteiger partial charge in [0.15, 0.2) is 0 Å². The van der Waals surface area contributed by atoms with Crippen LogP contribution < -0.4 is 0 Å². The molecule has 1 aliphatic rings. The predicted molar refractivity (Wildman–Crippen MR) is 90.3 cm³/mol. The third kappa shape index (κ3) is 3.62. The molecule has 5 heteroatoms. The highest BCUT2D eigenvalue weighted by atomic mass is 16.2. The van der Waals surface area contributed by atoms with Crippen molar-refractivity contribution in [3.8, 4) is 5.69 Å². The van der Waals surface area contributed by atoms with Gasteiger partial charge in [-0.3, -0.25) is 9.69 Å². The fourth-order valence-electron chi connectivity index (χ4n) is 2.98. The maximum atomic E-state index is 12.5. The molecule has 122 valence electrons. The molecule has 1 fully saturated rings. The maximum Gasteiger partial charge on any atom is 0.239 e. The van der Waals surface area contributed by atoms with Crippen LogP contribution in [0.25, 0.3) is 5.69 Å². The average Bonchev–Trinajstić information content (AvgIpc) is 3.26. The number of aromatic nitrogens is 2. The molecule has 0 aliphatic carbocycles. The topological polar surface area (TPSA) is 41.4 Å². The molecular weight excluding hydrogens is 288 g/mol. The molecule has 0 N–H and O–H groups in total. The molecule has 0 spiro atoms. The molecule has 1 aromatic carbocycles. The molecule has 1 saturated heterocycles. The van der Waals surface area contributed by atoms with Crippen LogP contribution in [0.2, 0.25) is 0 Å². The number of nitrogens with zero attached hydrogens (tertiary/aromatic N) is 4. The highest BCUT2D eigenvalue weighted by Crippen LogP contribution is 2.14. The normalized spacial score (nSPS) is 16.0. The molecule has 3 rings (SSSR count). The van der Waals surface area contributed by atoms with Crippen molar-refractivity contribution >= 4 is 5.91 Å². The Bertz CT molecular complexity index is 646. The van der Waals surface area contributed by atoms with Crippen molar-refractivity contribution in [2.45, 2.75) is 32.4 Å². The van der Waals surface area contributed by atoms with E-state index in [0.717, 1.165) is 37.2 Å². The van der Waals surface area contributed by atoms with Crippen LogP contribution in [0.1, 0.15) is 25.3 Å². The second kappa shape index (κ2) is 6.96. The average molecular weight is 312 g/mol. The number of amides is 1. The molecule has 1 aliphatic heterocycles. The number of para-hydroxylation sites is 1. The predicted octanol–water partition coefficient (Wildman–Crippen LogP) is 2.31. The fraction of sp³-hybridized carbons (Fsp3) is 0.444. The zero-order valence-corrected chi connectivity index (χ0v) is 13.9. The lowest BCUT2D eigenvalue weighted by atomic mass is 10.2. The van der Waals surface area contributed by atoms with Gasteiger partial charge in [0.05, 0.1) is 17.9 Å². The van der Waals surface area contributed by atoms with Crippen LogP contribution in [0.3, 0.4) is 0 Å². The Morgan fingerprint density at radius 3 is 2.65 bits per heavy atom. The van der Waals surface area contributed by atoms with Gasteiger partial charge < -0.3 is 4.90 Å². The van der Waals surface area contributed by atoms with Gasteiger partial charge in [0.2, 0.25) is 5.91 Å². The summed E-state index contributed by atoms with van der Waals surface area (Å²) in [5, 5.41) is 4.42. The lowest BCUT2D eigenvalue weighted by molar-refractivity contribution is -0.135. The van der Waals surface area contributed by atoms with Gasteiger partial charge in [0.25, 0.3) is 0 Å². The van der Waals surface area contributed by atoms with Gasteiger partial charge >= 0.3 is 0 Å². The number of hydrogen-bond acceptors (Lipinski definition) is 3. The van der Waals surface area contributed by atoms with E-state index in [4.69, 9.17) is 0 Å². The lowest BCUT2D eigenvalue weighted by Gasteiger charge is -2.27. The Balaban J connectivity index is 1.62. The smallest absolute Gasteiger partial charge is 0.239 e. The van der Waals surface area contributed by atoms with E-state index in [9.17, 15) is 4.79 Å². The molecule has 2 heterocycles. The summed E-state index contributed by atoms with van der Waals surface area (Å²) in [5.41, 5.74) is 2.15. The largest absolute Gasteiger partial charge is 0.341 e. The summed E-state index contributed by atoms with van der Waals surface area (Å²) >= 11 is 0. The number of carbonyl (C=O) groups is 1. The summed E-state index contributed by atoms with van der Waals surface area (Å²) in [6, 6.07) is 9.94. The third-order valence-electron chi connectivity index (χ3n) is 4.53. The first kappa shape index (κ1) is 15.7. The second-order valence-corrected chi connectivity index (χ2v) is 6.25. The summed E-state index contributed by atoms with van der Waals surface area (Å²) in [4.78, 5) is 16.5. The van der Waals surface area contributed by atoms with Gasteiger partial charge in [0, 0.05) is 31.4 Å². The second-order valence-electron chi connectivity index (χ2n) is 6.25. The number of rotatable bonds is 5. The first-order chi connectivity index (χ1) is 11.1. The van der Waals surface area contributed by atoms with Crippen LogP contribution in [-0.2, 0) is 11.3 Å². The van der Waals surface area contributed by atoms with Gasteiger partial charge in [-0.1, -0.05) is 18.2 Å². The van der Waals surface area contributed by atoms with Gasteiger partial charge in [-0.25, -0.2) is 4.68 Å². The molecule has 0 saturated carbocycles. The zero-order valence-electron chi connectivity index (χ0n) is 13.9. The molecule has 23 heavy (non-hydrogen) atoms. The lowest BCUT2D eigenvalue weighted by Crippen LogP contribution is -2.44. The minimum Gasteiger partial charge on any atom is -0.341 e. The minimum atomic E-state index is -0.104. The van der Waals surface area contributed by atoms with E-state index in [-0.39, 0.29) is 11.9 Å². The quantitative estimate of drug-likeness (QED) is 0.851. The SMILES string of the molecule is CC(C(=O)N1CCCC1)N(C)Cc1cnn(-c2ccccc2)c1. The molecule has 5 nitrogen and oxygen atoms in total. The highest BCUT2D eigenvalue weighted by Gasteiger charge is 2.26. The Hall–Kier alpha value is -2.14. The van der Waals surface area contributed by atoms with E-state index in [1.54, 1.807) is 0 Å².